The molecule has 24 heavy (non-hydrogen) atoms. The van der Waals surface area contributed by atoms with Crippen LogP contribution in [0.4, 0.5) is 5.95 Å². The van der Waals surface area contributed by atoms with Gasteiger partial charge in [0.25, 0.3) is 5.56 Å². The Labute approximate surface area is 149 Å². The van der Waals surface area contributed by atoms with Crippen LogP contribution in [0.1, 0.15) is 71.1 Å². The van der Waals surface area contributed by atoms with E-state index in [1.54, 1.807) is 6.33 Å². The molecule has 0 radical (unpaired) electrons. The Bertz CT molecular complexity index is 652. The van der Waals surface area contributed by atoms with Gasteiger partial charge in [-0.25, -0.2) is 4.98 Å². The molecule has 0 aromatic carbocycles. The number of aromatic amines is 1. The lowest BCUT2D eigenvalue weighted by molar-refractivity contribution is 0.537. The second-order valence-corrected chi connectivity index (χ2v) is 6.24. The van der Waals surface area contributed by atoms with Crippen molar-refractivity contribution in [3.05, 3.63) is 16.7 Å². The Balaban J connectivity index is 0.00000288. The molecule has 7 heteroatoms. The number of halogens is 1. The molecule has 136 valence electrons. The lowest BCUT2D eigenvalue weighted by atomic mass is 10.1. The van der Waals surface area contributed by atoms with E-state index in [9.17, 15) is 4.79 Å². The minimum Gasteiger partial charge on any atom is -0.369 e. The third-order valence-corrected chi connectivity index (χ3v) is 4.25. The van der Waals surface area contributed by atoms with E-state index in [1.807, 2.05) is 4.57 Å². The molecule has 0 aliphatic heterocycles. The molecule has 0 saturated carbocycles. The van der Waals surface area contributed by atoms with Gasteiger partial charge in [0.05, 0.1) is 6.33 Å². The predicted molar refractivity (Wildman–Crippen MR) is 102 cm³/mol. The van der Waals surface area contributed by atoms with Crippen molar-refractivity contribution in [2.45, 2.75) is 77.7 Å². The quantitative estimate of drug-likeness (QED) is 0.595. The fourth-order valence-electron chi connectivity index (χ4n) is 2.90. The molecule has 0 bridgehead atoms. The average molecular weight is 356 g/mol. The van der Waals surface area contributed by atoms with Crippen molar-refractivity contribution in [3.63, 3.8) is 0 Å². The standard InChI is InChI=1S/C17H29N5O.ClH/c1-2-3-4-5-6-7-8-9-10-11-12-22-13-19-14-15(22)20-17(18)21-16(14)23;/h13H,2-12H2,1H3,(H3,18,20,21,23);1H. The van der Waals surface area contributed by atoms with Crippen molar-refractivity contribution < 1.29 is 0 Å². The van der Waals surface area contributed by atoms with E-state index >= 15 is 0 Å². The van der Waals surface area contributed by atoms with Crippen LogP contribution in [0.15, 0.2) is 11.1 Å². The van der Waals surface area contributed by atoms with Crippen molar-refractivity contribution in [1.29, 1.82) is 0 Å². The Hall–Kier alpha value is -1.56. The van der Waals surface area contributed by atoms with Gasteiger partial charge >= 0.3 is 0 Å². The Morgan fingerprint density at radius 1 is 1.04 bits per heavy atom. The van der Waals surface area contributed by atoms with E-state index < -0.39 is 0 Å². The highest BCUT2D eigenvalue weighted by Crippen LogP contribution is 2.12. The number of nitrogens with two attached hydrogens (primary N) is 1. The summed E-state index contributed by atoms with van der Waals surface area (Å²) in [4.78, 5) is 22.5. The number of nitrogen functional groups attached to an aromatic ring is 1. The number of aryl methyl sites for hydroxylation is 1. The molecular weight excluding hydrogens is 326 g/mol. The highest BCUT2D eigenvalue weighted by atomic mass is 35.5. The summed E-state index contributed by atoms with van der Waals surface area (Å²) < 4.78 is 1.92. The van der Waals surface area contributed by atoms with Crippen LogP contribution in [-0.4, -0.2) is 19.5 Å². The first-order valence-electron chi connectivity index (χ1n) is 8.93. The first kappa shape index (κ1) is 20.5. The van der Waals surface area contributed by atoms with Crippen LogP contribution in [0.25, 0.3) is 11.2 Å². The number of nitrogens with one attached hydrogen (secondary N) is 1. The van der Waals surface area contributed by atoms with Gasteiger partial charge in [-0.2, -0.15) is 4.98 Å². The first-order chi connectivity index (χ1) is 11.2. The summed E-state index contributed by atoms with van der Waals surface area (Å²) in [5.41, 5.74) is 6.28. The van der Waals surface area contributed by atoms with Gasteiger partial charge in [-0.05, 0) is 6.42 Å². The third-order valence-electron chi connectivity index (χ3n) is 4.25. The van der Waals surface area contributed by atoms with Crippen molar-refractivity contribution in [2.24, 2.45) is 0 Å². The van der Waals surface area contributed by atoms with E-state index in [1.165, 1.54) is 57.8 Å². The van der Waals surface area contributed by atoms with Crippen molar-refractivity contribution >= 4 is 29.5 Å². The summed E-state index contributed by atoms with van der Waals surface area (Å²) in [5.74, 6) is 0.146. The molecule has 0 fully saturated rings. The SMILES string of the molecule is CCCCCCCCCCCCn1cnc2c(=O)[nH]c(N)nc21.Cl. The minimum absolute atomic E-state index is 0. The number of hydrogen-bond donors (Lipinski definition) is 2. The number of H-pyrrole nitrogens is 1. The van der Waals surface area contributed by atoms with Gasteiger partial charge in [-0.1, -0.05) is 64.7 Å². The summed E-state index contributed by atoms with van der Waals surface area (Å²) in [6.45, 7) is 3.09. The molecule has 2 rings (SSSR count). The maximum Gasteiger partial charge on any atom is 0.280 e. The van der Waals surface area contributed by atoms with Gasteiger partial charge in [0.15, 0.2) is 11.2 Å². The second kappa shape index (κ2) is 11.1. The topological polar surface area (TPSA) is 89.6 Å². The zero-order chi connectivity index (χ0) is 16.5. The number of rotatable bonds is 11. The van der Waals surface area contributed by atoms with Crippen LogP contribution in [0.2, 0.25) is 0 Å². The largest absolute Gasteiger partial charge is 0.369 e. The lowest BCUT2D eigenvalue weighted by Gasteiger charge is -2.04. The zero-order valence-corrected chi connectivity index (χ0v) is 15.4. The molecule has 0 aliphatic carbocycles. The number of hydrogen-bond acceptors (Lipinski definition) is 4. The number of aromatic nitrogens is 4. The lowest BCUT2D eigenvalue weighted by Crippen LogP contribution is -2.12. The molecule has 2 aromatic heterocycles. The number of anilines is 1. The van der Waals surface area contributed by atoms with Crippen molar-refractivity contribution in [2.75, 3.05) is 5.73 Å². The molecule has 2 aromatic rings. The molecule has 0 saturated heterocycles. The molecule has 2 heterocycles. The van der Waals surface area contributed by atoms with Gasteiger partial charge in [-0.15, -0.1) is 12.4 Å². The van der Waals surface area contributed by atoms with Crippen molar-refractivity contribution in [3.8, 4) is 0 Å². The summed E-state index contributed by atoms with van der Waals surface area (Å²) in [5, 5.41) is 0. The number of imidazole rings is 1. The van der Waals surface area contributed by atoms with Gasteiger partial charge in [-0.3, -0.25) is 9.78 Å². The Morgan fingerprint density at radius 2 is 1.62 bits per heavy atom. The molecule has 3 N–H and O–H groups in total. The second-order valence-electron chi connectivity index (χ2n) is 6.24. The van der Waals surface area contributed by atoms with Crippen LogP contribution in [-0.2, 0) is 6.54 Å². The number of unbranched alkanes of at least 4 members (excludes halogenated alkanes) is 9. The Morgan fingerprint density at radius 3 is 2.25 bits per heavy atom. The van der Waals surface area contributed by atoms with E-state index in [-0.39, 0.29) is 23.9 Å². The average Bonchev–Trinajstić information content (AvgIpc) is 2.92. The smallest absolute Gasteiger partial charge is 0.280 e. The first-order valence-corrected chi connectivity index (χ1v) is 8.93. The summed E-state index contributed by atoms with van der Waals surface area (Å²) in [6.07, 6.45) is 14.7. The molecule has 0 aliphatic rings. The fraction of sp³-hybridized carbons (Fsp3) is 0.706. The van der Waals surface area contributed by atoms with Gasteiger partial charge in [0.1, 0.15) is 0 Å². The maximum atomic E-state index is 11.7. The van der Waals surface area contributed by atoms with E-state index in [2.05, 4.69) is 21.9 Å². The van der Waals surface area contributed by atoms with E-state index in [4.69, 9.17) is 5.73 Å². The van der Waals surface area contributed by atoms with Crippen LogP contribution in [0.5, 0.6) is 0 Å². The zero-order valence-electron chi connectivity index (χ0n) is 14.6. The summed E-state index contributed by atoms with van der Waals surface area (Å²) in [6, 6.07) is 0. The highest BCUT2D eigenvalue weighted by molar-refractivity contribution is 5.85. The van der Waals surface area contributed by atoms with Gasteiger partial charge in [0.2, 0.25) is 5.95 Å². The predicted octanol–water partition coefficient (Wildman–Crippen LogP) is 4.04. The Kier molecular flexibility index (Phi) is 9.45. The summed E-state index contributed by atoms with van der Waals surface area (Å²) >= 11 is 0. The molecule has 0 atom stereocenters. The van der Waals surface area contributed by atoms with Gasteiger partial charge in [0, 0.05) is 6.54 Å². The van der Waals surface area contributed by atoms with Crippen LogP contribution in [0, 0.1) is 0 Å². The molecular formula is C17H30ClN5O. The fourth-order valence-corrected chi connectivity index (χ4v) is 2.90. The normalized spacial score (nSPS) is 10.9. The third kappa shape index (κ3) is 6.15. The molecule has 0 unspecified atom stereocenters. The van der Waals surface area contributed by atoms with Crippen LogP contribution in [0.3, 0.4) is 0 Å². The monoisotopic (exact) mass is 355 g/mol. The van der Waals surface area contributed by atoms with Crippen LogP contribution < -0.4 is 11.3 Å². The van der Waals surface area contributed by atoms with Crippen molar-refractivity contribution in [1.82, 2.24) is 19.5 Å². The van der Waals surface area contributed by atoms with E-state index in [0.29, 0.717) is 11.2 Å². The maximum absolute atomic E-state index is 11.7. The molecule has 0 spiro atoms. The molecule has 0 amide bonds. The number of fused-ring (bicyclic) bond motifs is 1. The highest BCUT2D eigenvalue weighted by Gasteiger charge is 2.08. The molecule has 6 nitrogen and oxygen atoms in total. The number of nitrogens with zero attached hydrogens (tertiary/aromatic N) is 3. The van der Waals surface area contributed by atoms with E-state index in [0.717, 1.165) is 13.0 Å². The van der Waals surface area contributed by atoms with Gasteiger partial charge < -0.3 is 10.3 Å². The van der Waals surface area contributed by atoms with Crippen LogP contribution >= 0.6 is 12.4 Å². The minimum atomic E-state index is -0.269. The summed E-state index contributed by atoms with van der Waals surface area (Å²) in [7, 11) is 0.